The molecular weight excluding hydrogens is 488 g/mol. The lowest BCUT2D eigenvalue weighted by atomic mass is 10.1. The van der Waals surface area contributed by atoms with Gasteiger partial charge >= 0.3 is 5.97 Å². The van der Waals surface area contributed by atoms with Crippen molar-refractivity contribution in [2.45, 2.75) is 32.9 Å². The lowest BCUT2D eigenvalue weighted by Crippen LogP contribution is -2.26. The fourth-order valence-electron chi connectivity index (χ4n) is 4.81. The van der Waals surface area contributed by atoms with E-state index in [4.69, 9.17) is 9.57 Å². The number of aryl methyl sites for hydroxylation is 1. The van der Waals surface area contributed by atoms with Gasteiger partial charge < -0.3 is 14.4 Å². The zero-order chi connectivity index (χ0) is 27.2. The normalized spacial score (nSPS) is 12.5. The molecule has 0 saturated heterocycles. The SMILES string of the molecule is CCC(Oc1ccc(C(=Cc2ccccc2)NOCCn2c3ccccc3c3ccccc32)cc1C)C(=O)O. The molecule has 1 aromatic heterocycles. The zero-order valence-corrected chi connectivity index (χ0v) is 22.1. The van der Waals surface area contributed by atoms with Crippen LogP contribution in [0.5, 0.6) is 5.75 Å². The highest BCUT2D eigenvalue weighted by Gasteiger charge is 2.18. The summed E-state index contributed by atoms with van der Waals surface area (Å²) in [6.07, 6.45) is 1.54. The third-order valence-electron chi connectivity index (χ3n) is 6.79. The van der Waals surface area contributed by atoms with E-state index in [0.29, 0.717) is 25.3 Å². The van der Waals surface area contributed by atoms with Crippen molar-refractivity contribution in [1.29, 1.82) is 0 Å². The van der Waals surface area contributed by atoms with Crippen molar-refractivity contribution in [3.63, 3.8) is 0 Å². The van der Waals surface area contributed by atoms with Crippen LogP contribution in [-0.4, -0.2) is 28.4 Å². The average Bonchev–Trinajstić information content (AvgIpc) is 3.28. The molecule has 0 aliphatic carbocycles. The number of para-hydroxylation sites is 2. The van der Waals surface area contributed by atoms with Gasteiger partial charge in [-0.15, -0.1) is 0 Å². The third-order valence-corrected chi connectivity index (χ3v) is 6.79. The molecule has 0 aliphatic heterocycles. The first-order valence-electron chi connectivity index (χ1n) is 13.2. The van der Waals surface area contributed by atoms with Crippen LogP contribution in [0.15, 0.2) is 97.1 Å². The second-order valence-corrected chi connectivity index (χ2v) is 9.44. The molecule has 4 aromatic carbocycles. The maximum atomic E-state index is 11.4. The van der Waals surface area contributed by atoms with Gasteiger partial charge in [-0.1, -0.05) is 73.7 Å². The van der Waals surface area contributed by atoms with E-state index in [1.54, 1.807) is 6.92 Å². The van der Waals surface area contributed by atoms with E-state index in [2.05, 4.69) is 58.6 Å². The van der Waals surface area contributed by atoms with Crippen molar-refractivity contribution < 1.29 is 19.5 Å². The van der Waals surface area contributed by atoms with E-state index >= 15 is 0 Å². The maximum absolute atomic E-state index is 11.4. The molecule has 1 heterocycles. The van der Waals surface area contributed by atoms with Crippen molar-refractivity contribution in [2.75, 3.05) is 6.61 Å². The minimum atomic E-state index is -0.969. The lowest BCUT2D eigenvalue weighted by molar-refractivity contribution is -0.145. The van der Waals surface area contributed by atoms with Crippen LogP contribution in [0.1, 0.15) is 30.0 Å². The summed E-state index contributed by atoms with van der Waals surface area (Å²) < 4.78 is 8.03. The number of nitrogens with one attached hydrogen (secondary N) is 1. The summed E-state index contributed by atoms with van der Waals surface area (Å²) in [5.74, 6) is -0.414. The Morgan fingerprint density at radius 1 is 0.923 bits per heavy atom. The molecule has 0 spiro atoms. The lowest BCUT2D eigenvalue weighted by Gasteiger charge is -2.17. The number of carboxylic acids is 1. The molecule has 0 bridgehead atoms. The first kappa shape index (κ1) is 26.1. The van der Waals surface area contributed by atoms with Gasteiger partial charge in [0.15, 0.2) is 6.10 Å². The minimum Gasteiger partial charge on any atom is -0.479 e. The quantitative estimate of drug-likeness (QED) is 0.111. The van der Waals surface area contributed by atoms with E-state index < -0.39 is 12.1 Å². The molecule has 0 radical (unpaired) electrons. The summed E-state index contributed by atoms with van der Waals surface area (Å²) in [4.78, 5) is 17.5. The van der Waals surface area contributed by atoms with Crippen LogP contribution >= 0.6 is 0 Å². The fourth-order valence-corrected chi connectivity index (χ4v) is 4.81. The molecule has 0 fully saturated rings. The van der Waals surface area contributed by atoms with E-state index in [-0.39, 0.29) is 0 Å². The van der Waals surface area contributed by atoms with Crippen molar-refractivity contribution in [1.82, 2.24) is 10.0 Å². The molecule has 39 heavy (non-hydrogen) atoms. The number of carbonyl (C=O) groups is 1. The van der Waals surface area contributed by atoms with Crippen LogP contribution in [-0.2, 0) is 16.2 Å². The van der Waals surface area contributed by atoms with Crippen LogP contribution in [0.3, 0.4) is 0 Å². The number of nitrogens with zero attached hydrogens (tertiary/aromatic N) is 1. The van der Waals surface area contributed by atoms with E-state index in [1.807, 2.05) is 61.5 Å². The van der Waals surface area contributed by atoms with Crippen LogP contribution in [0, 0.1) is 6.92 Å². The topological polar surface area (TPSA) is 72.7 Å². The molecule has 1 unspecified atom stereocenters. The molecular formula is C33H32N2O4. The summed E-state index contributed by atoms with van der Waals surface area (Å²) in [7, 11) is 0. The second kappa shape index (κ2) is 11.9. The van der Waals surface area contributed by atoms with Gasteiger partial charge in [-0.05, 0) is 60.9 Å². The van der Waals surface area contributed by atoms with Gasteiger partial charge in [-0.2, -0.15) is 0 Å². The van der Waals surface area contributed by atoms with E-state index in [9.17, 15) is 9.90 Å². The number of hydrogen-bond donors (Lipinski definition) is 2. The van der Waals surface area contributed by atoms with Gasteiger partial charge in [0.2, 0.25) is 0 Å². The number of ether oxygens (including phenoxy) is 1. The Balaban J connectivity index is 1.36. The van der Waals surface area contributed by atoms with Gasteiger partial charge in [-0.3, -0.25) is 10.3 Å². The van der Waals surface area contributed by atoms with E-state index in [1.165, 1.54) is 21.8 Å². The summed E-state index contributed by atoms with van der Waals surface area (Å²) >= 11 is 0. The molecule has 1 atom stereocenters. The number of hydrogen-bond acceptors (Lipinski definition) is 4. The number of aromatic nitrogens is 1. The summed E-state index contributed by atoms with van der Waals surface area (Å²) in [5, 5.41) is 11.8. The minimum absolute atomic E-state index is 0.386. The van der Waals surface area contributed by atoms with Gasteiger partial charge in [0.1, 0.15) is 5.75 Å². The standard InChI is InChI=1S/C33H32N2O4/c1-3-31(33(36)37)39-32-18-17-25(21-23(32)2)28(22-24-11-5-4-6-12-24)34-38-20-19-35-29-15-9-7-13-26(29)27-14-8-10-16-30(27)35/h4-18,21-22,31,34H,3,19-20H2,1-2H3,(H,36,37). The highest BCUT2D eigenvalue weighted by atomic mass is 16.6. The van der Waals surface area contributed by atoms with Crippen LogP contribution < -0.4 is 10.2 Å². The zero-order valence-electron chi connectivity index (χ0n) is 22.1. The Labute approximate surface area is 228 Å². The molecule has 6 nitrogen and oxygen atoms in total. The van der Waals surface area contributed by atoms with Crippen LogP contribution in [0.25, 0.3) is 33.6 Å². The van der Waals surface area contributed by atoms with Crippen molar-refractivity contribution >= 4 is 39.5 Å². The number of carboxylic acid groups (broad SMARTS) is 1. The smallest absolute Gasteiger partial charge is 0.344 e. The van der Waals surface area contributed by atoms with Gasteiger partial charge in [-0.25, -0.2) is 4.79 Å². The second-order valence-electron chi connectivity index (χ2n) is 9.44. The van der Waals surface area contributed by atoms with Gasteiger partial charge in [0.05, 0.1) is 12.3 Å². The highest BCUT2D eigenvalue weighted by Crippen LogP contribution is 2.29. The number of aliphatic carboxylic acids is 1. The predicted molar refractivity (Wildman–Crippen MR) is 156 cm³/mol. The maximum Gasteiger partial charge on any atom is 0.344 e. The summed E-state index contributed by atoms with van der Waals surface area (Å²) in [6.45, 7) is 4.84. The molecule has 5 aromatic rings. The Bertz CT molecular complexity index is 1570. The van der Waals surface area contributed by atoms with Crippen LogP contribution in [0.2, 0.25) is 0 Å². The number of hydroxylamine groups is 1. The Hall–Kier alpha value is -4.55. The fraction of sp³-hybridized carbons (Fsp3) is 0.182. The Morgan fingerprint density at radius 2 is 1.56 bits per heavy atom. The molecule has 198 valence electrons. The number of fused-ring (bicyclic) bond motifs is 3. The Kier molecular flexibility index (Phi) is 7.94. The molecule has 5 rings (SSSR count). The van der Waals surface area contributed by atoms with E-state index in [0.717, 1.165) is 22.4 Å². The highest BCUT2D eigenvalue weighted by molar-refractivity contribution is 6.07. The molecule has 0 saturated carbocycles. The largest absolute Gasteiger partial charge is 0.479 e. The first-order chi connectivity index (χ1) is 19.0. The first-order valence-corrected chi connectivity index (χ1v) is 13.2. The predicted octanol–water partition coefficient (Wildman–Crippen LogP) is 7.06. The van der Waals surface area contributed by atoms with Crippen molar-refractivity contribution in [3.8, 4) is 5.75 Å². The monoisotopic (exact) mass is 520 g/mol. The summed E-state index contributed by atoms with van der Waals surface area (Å²) in [5.41, 5.74) is 9.11. The molecule has 0 amide bonds. The van der Waals surface area contributed by atoms with Crippen molar-refractivity contribution in [2.24, 2.45) is 0 Å². The van der Waals surface area contributed by atoms with Crippen molar-refractivity contribution in [3.05, 3.63) is 114 Å². The molecule has 0 aliphatic rings. The third kappa shape index (κ3) is 5.81. The molecule has 6 heteroatoms. The number of rotatable bonds is 11. The number of benzene rings is 4. The van der Waals surface area contributed by atoms with Crippen LogP contribution in [0.4, 0.5) is 0 Å². The average molecular weight is 521 g/mol. The van der Waals surface area contributed by atoms with Gasteiger partial charge in [0.25, 0.3) is 0 Å². The van der Waals surface area contributed by atoms with Gasteiger partial charge in [0, 0.05) is 33.9 Å². The Morgan fingerprint density at radius 3 is 2.18 bits per heavy atom. The molecule has 2 N–H and O–H groups in total. The summed E-state index contributed by atoms with van der Waals surface area (Å²) in [6, 6.07) is 32.6.